The van der Waals surface area contributed by atoms with Crippen LogP contribution >= 0.6 is 0 Å². The molecular weight excluding hydrogens is 510 g/mol. The summed E-state index contributed by atoms with van der Waals surface area (Å²) in [7, 11) is 0. The molecule has 3 aromatic rings. The maximum atomic E-state index is 13.4. The van der Waals surface area contributed by atoms with E-state index in [1.165, 1.54) is 0 Å². The van der Waals surface area contributed by atoms with E-state index in [4.69, 9.17) is 0 Å². The molecule has 0 aliphatic carbocycles. The number of H-pyrrole nitrogens is 1. The Morgan fingerprint density at radius 1 is 1.02 bits per heavy atom. The molecule has 0 radical (unpaired) electrons. The number of para-hydroxylation sites is 1. The van der Waals surface area contributed by atoms with E-state index in [0.29, 0.717) is 24.8 Å². The van der Waals surface area contributed by atoms with E-state index in [0.717, 1.165) is 16.5 Å². The number of aldehydes is 1. The van der Waals surface area contributed by atoms with Crippen molar-refractivity contribution in [2.24, 2.45) is 5.92 Å². The second-order valence-electron chi connectivity index (χ2n) is 10.1. The quantitative estimate of drug-likeness (QED) is 0.186. The van der Waals surface area contributed by atoms with Crippen molar-refractivity contribution in [3.05, 3.63) is 83.2 Å². The van der Waals surface area contributed by atoms with Crippen LogP contribution in [0.3, 0.4) is 0 Å². The Balaban J connectivity index is 1.49. The van der Waals surface area contributed by atoms with Crippen LogP contribution in [0.1, 0.15) is 42.7 Å². The SMILES string of the molecule is CC(C)=C(NC(=O)c1cc2ccccc2[nH]1)C(=O)N[C@@H](Cc1ccccc1)C(=O)N[C@H](C=O)C[C@@H]1CCNC1=O. The zero-order chi connectivity index (χ0) is 28.6. The molecule has 1 saturated heterocycles. The first-order valence-electron chi connectivity index (χ1n) is 13.2. The van der Waals surface area contributed by atoms with Gasteiger partial charge in [-0.25, -0.2) is 0 Å². The molecule has 1 aliphatic heterocycles. The maximum Gasteiger partial charge on any atom is 0.272 e. The van der Waals surface area contributed by atoms with Gasteiger partial charge in [-0.05, 0) is 50.0 Å². The Bertz CT molecular complexity index is 1410. The first-order valence-corrected chi connectivity index (χ1v) is 13.2. The van der Waals surface area contributed by atoms with E-state index in [9.17, 15) is 24.0 Å². The fourth-order valence-electron chi connectivity index (χ4n) is 4.68. The molecule has 1 aromatic heterocycles. The molecule has 3 atom stereocenters. The van der Waals surface area contributed by atoms with Crippen molar-refractivity contribution < 1.29 is 24.0 Å². The number of hydrogen-bond acceptors (Lipinski definition) is 5. The Hall–Kier alpha value is -4.73. The third-order valence-corrected chi connectivity index (χ3v) is 6.84. The molecule has 2 heterocycles. The number of fused-ring (bicyclic) bond motifs is 1. The maximum absolute atomic E-state index is 13.4. The molecule has 0 unspecified atom stereocenters. The number of allylic oxidation sites excluding steroid dienone is 1. The minimum Gasteiger partial charge on any atom is -0.356 e. The smallest absolute Gasteiger partial charge is 0.272 e. The number of amides is 4. The lowest BCUT2D eigenvalue weighted by Gasteiger charge is -2.23. The third kappa shape index (κ3) is 7.02. The molecule has 0 saturated carbocycles. The highest BCUT2D eigenvalue weighted by Crippen LogP contribution is 2.17. The first kappa shape index (κ1) is 28.3. The fourth-order valence-corrected chi connectivity index (χ4v) is 4.68. The molecule has 2 aromatic carbocycles. The summed E-state index contributed by atoms with van der Waals surface area (Å²) in [6.07, 6.45) is 1.52. The molecule has 0 spiro atoms. The van der Waals surface area contributed by atoms with Crippen molar-refractivity contribution in [3.8, 4) is 0 Å². The number of rotatable bonds is 11. The van der Waals surface area contributed by atoms with Gasteiger partial charge in [0.05, 0.1) is 6.04 Å². The summed E-state index contributed by atoms with van der Waals surface area (Å²) in [6, 6.07) is 16.3. The van der Waals surface area contributed by atoms with Crippen molar-refractivity contribution in [2.45, 2.75) is 45.2 Å². The van der Waals surface area contributed by atoms with E-state index >= 15 is 0 Å². The zero-order valence-corrected chi connectivity index (χ0v) is 22.5. The fraction of sp³-hybridized carbons (Fsp3) is 0.300. The van der Waals surface area contributed by atoms with Crippen LogP contribution in [0.4, 0.5) is 0 Å². The van der Waals surface area contributed by atoms with Crippen LogP contribution in [-0.4, -0.2) is 53.5 Å². The summed E-state index contributed by atoms with van der Waals surface area (Å²) in [4.78, 5) is 66.5. The predicted octanol–water partition coefficient (Wildman–Crippen LogP) is 2.13. The number of carbonyl (C=O) groups excluding carboxylic acids is 5. The molecular formula is C30H33N5O5. The Morgan fingerprint density at radius 2 is 1.75 bits per heavy atom. The molecule has 1 aliphatic rings. The number of aromatic amines is 1. The number of carbonyl (C=O) groups is 5. The third-order valence-electron chi connectivity index (χ3n) is 6.84. The molecule has 10 heteroatoms. The first-order chi connectivity index (χ1) is 19.2. The number of benzene rings is 2. The van der Waals surface area contributed by atoms with Gasteiger partial charge < -0.3 is 31.0 Å². The summed E-state index contributed by atoms with van der Waals surface area (Å²) in [5, 5.41) is 11.7. The molecule has 208 valence electrons. The molecule has 40 heavy (non-hydrogen) atoms. The van der Waals surface area contributed by atoms with Gasteiger partial charge in [-0.2, -0.15) is 0 Å². The average molecular weight is 544 g/mol. The van der Waals surface area contributed by atoms with Gasteiger partial charge in [0.2, 0.25) is 11.8 Å². The largest absolute Gasteiger partial charge is 0.356 e. The van der Waals surface area contributed by atoms with E-state index < -0.39 is 29.8 Å². The van der Waals surface area contributed by atoms with Crippen molar-refractivity contribution in [2.75, 3.05) is 6.54 Å². The lowest BCUT2D eigenvalue weighted by atomic mass is 9.98. The van der Waals surface area contributed by atoms with Crippen molar-refractivity contribution in [3.63, 3.8) is 0 Å². The number of aromatic nitrogens is 1. The lowest BCUT2D eigenvalue weighted by molar-refractivity contribution is -0.129. The van der Waals surface area contributed by atoms with Crippen LogP contribution in [0.15, 0.2) is 71.9 Å². The number of nitrogens with one attached hydrogen (secondary N) is 5. The standard InChI is InChI=1S/C30H33N5O5/c1-18(2)26(35-29(39)25-16-20-10-6-7-11-23(20)33-25)30(40)34-24(14-19-8-4-3-5-9-19)28(38)32-22(17-36)15-21-12-13-31-27(21)37/h3-11,16-17,21-22,24,33H,12-15H2,1-2H3,(H,31,37)(H,32,38)(H,34,40)(H,35,39)/t21-,22-,24-/m0/s1. The van der Waals surface area contributed by atoms with Gasteiger partial charge in [-0.3, -0.25) is 19.2 Å². The Labute approximate surface area is 232 Å². The number of hydrogen-bond donors (Lipinski definition) is 5. The second kappa shape index (κ2) is 12.9. The van der Waals surface area contributed by atoms with Gasteiger partial charge in [0, 0.05) is 29.8 Å². The van der Waals surface area contributed by atoms with Gasteiger partial charge in [0.25, 0.3) is 11.8 Å². The van der Waals surface area contributed by atoms with Gasteiger partial charge >= 0.3 is 0 Å². The molecule has 0 bridgehead atoms. The summed E-state index contributed by atoms with van der Waals surface area (Å²) in [5.74, 6) is -2.22. The highest BCUT2D eigenvalue weighted by molar-refractivity contribution is 6.05. The van der Waals surface area contributed by atoms with Crippen LogP contribution < -0.4 is 21.3 Å². The van der Waals surface area contributed by atoms with Crippen LogP contribution in [0.2, 0.25) is 0 Å². The summed E-state index contributed by atoms with van der Waals surface area (Å²) in [6.45, 7) is 3.90. The van der Waals surface area contributed by atoms with E-state index in [2.05, 4.69) is 26.3 Å². The normalized spacial score (nSPS) is 15.9. The molecule has 10 nitrogen and oxygen atoms in total. The summed E-state index contributed by atoms with van der Waals surface area (Å²) in [5.41, 5.74) is 2.43. The highest BCUT2D eigenvalue weighted by Gasteiger charge is 2.30. The van der Waals surface area contributed by atoms with E-state index in [-0.39, 0.29) is 36.1 Å². The minimum absolute atomic E-state index is 0.0177. The van der Waals surface area contributed by atoms with Crippen LogP contribution in [0, 0.1) is 5.92 Å². The van der Waals surface area contributed by atoms with Gasteiger partial charge in [0.1, 0.15) is 23.7 Å². The molecule has 1 fully saturated rings. The predicted molar refractivity (Wildman–Crippen MR) is 150 cm³/mol. The van der Waals surface area contributed by atoms with Gasteiger partial charge in [-0.1, -0.05) is 48.5 Å². The van der Waals surface area contributed by atoms with Crippen molar-refractivity contribution >= 4 is 40.8 Å². The van der Waals surface area contributed by atoms with E-state index in [1.54, 1.807) is 19.9 Å². The zero-order valence-electron chi connectivity index (χ0n) is 22.5. The molecule has 5 N–H and O–H groups in total. The molecule has 4 rings (SSSR count). The van der Waals surface area contributed by atoms with Crippen LogP contribution in [-0.2, 0) is 25.6 Å². The lowest BCUT2D eigenvalue weighted by Crippen LogP contribution is -2.52. The minimum atomic E-state index is -1.05. The monoisotopic (exact) mass is 543 g/mol. The average Bonchev–Trinajstić information content (AvgIpc) is 3.57. The van der Waals surface area contributed by atoms with Crippen molar-refractivity contribution in [1.29, 1.82) is 0 Å². The van der Waals surface area contributed by atoms with Crippen LogP contribution in [0.25, 0.3) is 10.9 Å². The topological polar surface area (TPSA) is 149 Å². The van der Waals surface area contributed by atoms with Crippen LogP contribution in [0.5, 0.6) is 0 Å². The highest BCUT2D eigenvalue weighted by atomic mass is 16.2. The Kier molecular flexibility index (Phi) is 9.11. The Morgan fingerprint density at radius 3 is 2.40 bits per heavy atom. The van der Waals surface area contributed by atoms with E-state index in [1.807, 2.05) is 54.6 Å². The summed E-state index contributed by atoms with van der Waals surface area (Å²) < 4.78 is 0. The molecule has 4 amide bonds. The van der Waals surface area contributed by atoms with Crippen molar-refractivity contribution in [1.82, 2.24) is 26.3 Å². The van der Waals surface area contributed by atoms with Gasteiger partial charge in [0.15, 0.2) is 0 Å². The summed E-state index contributed by atoms with van der Waals surface area (Å²) >= 11 is 0. The second-order valence-corrected chi connectivity index (χ2v) is 10.1. The van der Waals surface area contributed by atoms with Gasteiger partial charge in [-0.15, -0.1) is 0 Å².